The van der Waals surface area contributed by atoms with Gasteiger partial charge in [-0.3, -0.25) is 0 Å². The normalized spacial score (nSPS) is 27.1. The van der Waals surface area contributed by atoms with Crippen LogP contribution in [0.2, 0.25) is 0 Å². The Labute approximate surface area is 113 Å². The Morgan fingerprint density at radius 2 is 2.06 bits per heavy atom. The Morgan fingerprint density at radius 1 is 1.33 bits per heavy atom. The van der Waals surface area contributed by atoms with Gasteiger partial charge < -0.3 is 5.32 Å². The molecule has 0 amide bonds. The summed E-state index contributed by atoms with van der Waals surface area (Å²) in [7, 11) is -2.85. The van der Waals surface area contributed by atoms with Gasteiger partial charge in [0.1, 0.15) is 0 Å². The predicted octanol–water partition coefficient (Wildman–Crippen LogP) is 2.76. The summed E-state index contributed by atoms with van der Waals surface area (Å²) in [5.74, 6) is 0.958. The average molecular weight is 275 g/mol. The fourth-order valence-corrected chi connectivity index (χ4v) is 4.96. The zero-order valence-corrected chi connectivity index (χ0v) is 12.9. The molecule has 1 N–H and O–H groups in total. The summed E-state index contributed by atoms with van der Waals surface area (Å²) in [5, 5.41) is 3.26. The van der Waals surface area contributed by atoms with Crippen LogP contribution in [-0.2, 0) is 9.84 Å². The van der Waals surface area contributed by atoms with Crippen LogP contribution in [0.15, 0.2) is 0 Å². The molecule has 1 aliphatic carbocycles. The van der Waals surface area contributed by atoms with Crippen molar-refractivity contribution in [2.45, 2.75) is 70.6 Å². The maximum absolute atomic E-state index is 12.3. The molecule has 3 unspecified atom stereocenters. The number of nitrogens with one attached hydrogen (secondary N) is 1. The lowest BCUT2D eigenvalue weighted by atomic mass is 9.91. The van der Waals surface area contributed by atoms with Crippen molar-refractivity contribution in [3.8, 4) is 0 Å². The molecule has 3 nitrogen and oxygen atoms in total. The first-order valence-electron chi connectivity index (χ1n) is 7.40. The summed E-state index contributed by atoms with van der Waals surface area (Å²) >= 11 is 0. The van der Waals surface area contributed by atoms with Gasteiger partial charge in [-0.05, 0) is 45.1 Å². The molecule has 1 fully saturated rings. The van der Waals surface area contributed by atoms with Gasteiger partial charge in [-0.2, -0.15) is 0 Å². The van der Waals surface area contributed by atoms with Gasteiger partial charge in [0.05, 0.1) is 11.0 Å². The molecule has 0 radical (unpaired) electrons. The van der Waals surface area contributed by atoms with Gasteiger partial charge >= 0.3 is 0 Å². The second kappa shape index (κ2) is 7.49. The Bertz CT molecular complexity index is 327. The van der Waals surface area contributed by atoms with Crippen LogP contribution in [0, 0.1) is 5.92 Å². The van der Waals surface area contributed by atoms with E-state index < -0.39 is 9.84 Å². The number of rotatable bonds is 7. The fourth-order valence-electron chi connectivity index (χ4n) is 2.91. The zero-order valence-electron chi connectivity index (χ0n) is 12.1. The van der Waals surface area contributed by atoms with Crippen LogP contribution < -0.4 is 5.32 Å². The van der Waals surface area contributed by atoms with Crippen LogP contribution in [0.4, 0.5) is 0 Å². The molecule has 1 aliphatic rings. The molecule has 0 heterocycles. The molecule has 0 aliphatic heterocycles. The molecule has 0 aromatic rings. The molecule has 0 spiro atoms. The number of hydrogen-bond donors (Lipinski definition) is 1. The third kappa shape index (κ3) is 5.27. The first-order valence-corrected chi connectivity index (χ1v) is 9.12. The highest BCUT2D eigenvalue weighted by molar-refractivity contribution is 7.92. The van der Waals surface area contributed by atoms with Crippen LogP contribution in [0.25, 0.3) is 0 Å². The van der Waals surface area contributed by atoms with Gasteiger partial charge in [0.2, 0.25) is 0 Å². The minimum Gasteiger partial charge on any atom is -0.315 e. The standard InChI is InChI=1S/C14H29NO2S/c1-4-15-13(3)8-6-10-18(16,17)14-9-5-7-12(2)11-14/h12-15H,4-11H2,1-3H3. The molecule has 108 valence electrons. The Hall–Kier alpha value is -0.0900. The molecule has 0 saturated heterocycles. The van der Waals surface area contributed by atoms with E-state index in [4.69, 9.17) is 0 Å². The van der Waals surface area contributed by atoms with Crippen molar-refractivity contribution in [1.29, 1.82) is 0 Å². The van der Waals surface area contributed by atoms with Gasteiger partial charge in [0.15, 0.2) is 9.84 Å². The third-order valence-corrected chi connectivity index (χ3v) is 6.32. The fraction of sp³-hybridized carbons (Fsp3) is 1.00. The van der Waals surface area contributed by atoms with Crippen molar-refractivity contribution in [3.05, 3.63) is 0 Å². The third-order valence-electron chi connectivity index (χ3n) is 4.01. The van der Waals surface area contributed by atoms with Crippen LogP contribution in [0.3, 0.4) is 0 Å². The summed E-state index contributed by atoms with van der Waals surface area (Å²) in [6.45, 7) is 7.33. The predicted molar refractivity (Wildman–Crippen MR) is 77.6 cm³/mol. The zero-order chi connectivity index (χ0) is 13.6. The second-order valence-corrected chi connectivity index (χ2v) is 8.26. The summed E-state index contributed by atoms with van der Waals surface area (Å²) in [6.07, 6.45) is 5.79. The van der Waals surface area contributed by atoms with E-state index >= 15 is 0 Å². The van der Waals surface area contributed by atoms with E-state index in [1.54, 1.807) is 0 Å². The Morgan fingerprint density at radius 3 is 2.67 bits per heavy atom. The first-order chi connectivity index (χ1) is 8.45. The highest BCUT2D eigenvalue weighted by Crippen LogP contribution is 2.29. The maximum Gasteiger partial charge on any atom is 0.153 e. The monoisotopic (exact) mass is 275 g/mol. The summed E-state index contributed by atoms with van der Waals surface area (Å²) in [4.78, 5) is 0. The minimum absolute atomic E-state index is 0.0595. The van der Waals surface area contributed by atoms with Crippen LogP contribution in [0.5, 0.6) is 0 Å². The second-order valence-electron chi connectivity index (χ2n) is 5.86. The van der Waals surface area contributed by atoms with E-state index in [1.165, 1.54) is 6.42 Å². The topological polar surface area (TPSA) is 46.2 Å². The van der Waals surface area contributed by atoms with Gasteiger partial charge in [-0.15, -0.1) is 0 Å². The van der Waals surface area contributed by atoms with Crippen molar-refractivity contribution in [1.82, 2.24) is 5.32 Å². The number of hydrogen-bond acceptors (Lipinski definition) is 3. The molecule has 0 bridgehead atoms. The van der Waals surface area contributed by atoms with Crippen molar-refractivity contribution >= 4 is 9.84 Å². The Kier molecular flexibility index (Phi) is 6.64. The molecule has 1 saturated carbocycles. The van der Waals surface area contributed by atoms with Gasteiger partial charge in [-0.1, -0.05) is 26.7 Å². The van der Waals surface area contributed by atoms with Crippen LogP contribution in [-0.4, -0.2) is 32.0 Å². The SMILES string of the molecule is CCNC(C)CCCS(=O)(=O)C1CCCC(C)C1. The van der Waals surface area contributed by atoms with E-state index in [2.05, 4.69) is 26.1 Å². The molecule has 3 atom stereocenters. The summed E-state index contributed by atoms with van der Waals surface area (Å²) in [5.41, 5.74) is 0. The maximum atomic E-state index is 12.3. The van der Waals surface area contributed by atoms with Crippen molar-refractivity contribution in [2.75, 3.05) is 12.3 Å². The molecule has 1 rings (SSSR count). The highest BCUT2D eigenvalue weighted by atomic mass is 32.2. The lowest BCUT2D eigenvalue weighted by molar-refractivity contribution is 0.381. The molecule has 4 heteroatoms. The van der Waals surface area contributed by atoms with Gasteiger partial charge in [-0.25, -0.2) is 8.42 Å². The van der Waals surface area contributed by atoms with Crippen molar-refractivity contribution in [2.24, 2.45) is 5.92 Å². The van der Waals surface area contributed by atoms with E-state index in [0.717, 1.165) is 38.6 Å². The van der Waals surface area contributed by atoms with Crippen molar-refractivity contribution < 1.29 is 8.42 Å². The number of sulfone groups is 1. The molecular formula is C14H29NO2S. The van der Waals surface area contributed by atoms with E-state index in [1.807, 2.05) is 0 Å². The minimum atomic E-state index is -2.85. The molecular weight excluding hydrogens is 246 g/mol. The van der Waals surface area contributed by atoms with Gasteiger partial charge in [0.25, 0.3) is 0 Å². The largest absolute Gasteiger partial charge is 0.315 e. The van der Waals surface area contributed by atoms with E-state index in [0.29, 0.717) is 17.7 Å². The van der Waals surface area contributed by atoms with Crippen LogP contribution >= 0.6 is 0 Å². The average Bonchev–Trinajstić information content (AvgIpc) is 2.29. The van der Waals surface area contributed by atoms with Crippen molar-refractivity contribution in [3.63, 3.8) is 0 Å². The lowest BCUT2D eigenvalue weighted by Crippen LogP contribution is -2.30. The van der Waals surface area contributed by atoms with Crippen LogP contribution in [0.1, 0.15) is 59.3 Å². The molecule has 0 aromatic heterocycles. The quantitative estimate of drug-likeness (QED) is 0.777. The molecule has 0 aromatic carbocycles. The van der Waals surface area contributed by atoms with E-state index in [-0.39, 0.29) is 5.25 Å². The summed E-state index contributed by atoms with van der Waals surface area (Å²) in [6, 6.07) is 0.426. The first kappa shape index (κ1) is 16.0. The smallest absolute Gasteiger partial charge is 0.153 e. The highest BCUT2D eigenvalue weighted by Gasteiger charge is 2.29. The lowest BCUT2D eigenvalue weighted by Gasteiger charge is -2.26. The summed E-state index contributed by atoms with van der Waals surface area (Å²) < 4.78 is 24.5. The van der Waals surface area contributed by atoms with Gasteiger partial charge in [0, 0.05) is 6.04 Å². The van der Waals surface area contributed by atoms with E-state index in [9.17, 15) is 8.42 Å². The molecule has 18 heavy (non-hydrogen) atoms. The Balaban J connectivity index is 2.35.